The zero-order chi connectivity index (χ0) is 23.6. The smallest absolute Gasteiger partial charge is 0.346 e. The second-order valence-corrected chi connectivity index (χ2v) is 9.52. The van der Waals surface area contributed by atoms with Gasteiger partial charge < -0.3 is 9.32 Å². The van der Waals surface area contributed by atoms with E-state index in [1.165, 1.54) is 0 Å². The molecule has 0 N–H and O–H groups in total. The van der Waals surface area contributed by atoms with E-state index in [0.29, 0.717) is 11.3 Å². The molecule has 0 radical (unpaired) electrons. The molecule has 170 valence electrons. The largest absolute Gasteiger partial charge is 0.422 e. The van der Waals surface area contributed by atoms with Crippen LogP contribution in [0.4, 0.5) is 17.1 Å². The second-order valence-electron chi connectivity index (χ2n) is 8.39. The van der Waals surface area contributed by atoms with E-state index < -0.39 is 0 Å². The van der Waals surface area contributed by atoms with E-state index in [2.05, 4.69) is 41.3 Å². The zero-order valence-corrected chi connectivity index (χ0v) is 19.9. The monoisotopic (exact) mass is 473 g/mol. The van der Waals surface area contributed by atoms with E-state index in [4.69, 9.17) is 4.42 Å². The van der Waals surface area contributed by atoms with Crippen LogP contribution in [0, 0.1) is 0 Å². The number of hydrogen-bond donors (Lipinski definition) is 0. The summed E-state index contributed by atoms with van der Waals surface area (Å²) >= 11 is 1.81. The normalized spacial score (nSPS) is 12.3. The van der Waals surface area contributed by atoms with E-state index in [0.717, 1.165) is 50.8 Å². The maximum absolute atomic E-state index is 13.8. The molecule has 0 amide bonds. The maximum Gasteiger partial charge on any atom is 0.346 e. The van der Waals surface area contributed by atoms with Crippen LogP contribution in [-0.4, -0.2) is 5.75 Å². The van der Waals surface area contributed by atoms with Gasteiger partial charge in [0.15, 0.2) is 0 Å². The Balaban J connectivity index is 1.75. The fourth-order valence-electron chi connectivity index (χ4n) is 4.72. The standard InChI is InChI=1S/C31H23NO2S/c33-31-28(22-12-4-1-5-13-22)29(26-20-21-35-27-19-11-10-18-25(27)30(26)34-31)32(23-14-6-2-7-15-23)24-16-8-3-9-17-24/h1-19H,20-21H2. The summed E-state index contributed by atoms with van der Waals surface area (Å²) < 4.78 is 6.16. The molecule has 4 aromatic carbocycles. The fourth-order valence-corrected chi connectivity index (χ4v) is 5.74. The number of anilines is 3. The van der Waals surface area contributed by atoms with Gasteiger partial charge in [0, 0.05) is 33.2 Å². The SMILES string of the molecule is O=c1oc2c(c(N(c3ccccc3)c3ccccc3)c1-c1ccccc1)CCSc1ccccc1-2. The van der Waals surface area contributed by atoms with Crippen molar-refractivity contribution >= 4 is 28.8 Å². The highest BCUT2D eigenvalue weighted by molar-refractivity contribution is 7.99. The molecule has 1 aliphatic heterocycles. The molecule has 0 fully saturated rings. The van der Waals surface area contributed by atoms with Gasteiger partial charge in [0.1, 0.15) is 5.76 Å². The van der Waals surface area contributed by atoms with Crippen LogP contribution in [0.15, 0.2) is 129 Å². The van der Waals surface area contributed by atoms with Crippen LogP contribution in [0.1, 0.15) is 5.56 Å². The van der Waals surface area contributed by atoms with Crippen molar-refractivity contribution in [3.8, 4) is 22.5 Å². The molecule has 0 aliphatic carbocycles. The molecule has 0 spiro atoms. The number of fused-ring (bicyclic) bond motifs is 3. The summed E-state index contributed by atoms with van der Waals surface area (Å²) in [6, 6.07) is 38.5. The molecule has 0 saturated heterocycles. The van der Waals surface area contributed by atoms with E-state index >= 15 is 0 Å². The average molecular weight is 474 g/mol. The number of rotatable bonds is 4. The van der Waals surface area contributed by atoms with E-state index in [9.17, 15) is 4.79 Å². The van der Waals surface area contributed by atoms with Gasteiger partial charge in [0.2, 0.25) is 0 Å². The predicted octanol–water partition coefficient (Wildman–Crippen LogP) is 8.09. The van der Waals surface area contributed by atoms with Gasteiger partial charge >= 0.3 is 5.63 Å². The fraction of sp³-hybridized carbons (Fsp3) is 0.0645. The predicted molar refractivity (Wildman–Crippen MR) is 145 cm³/mol. The van der Waals surface area contributed by atoms with Crippen LogP contribution < -0.4 is 10.5 Å². The van der Waals surface area contributed by atoms with Crippen LogP contribution in [0.25, 0.3) is 22.5 Å². The van der Waals surface area contributed by atoms with Crippen LogP contribution in [0.3, 0.4) is 0 Å². The lowest BCUT2D eigenvalue weighted by Gasteiger charge is -2.30. The number of para-hydroxylation sites is 2. The molecule has 0 saturated carbocycles. The second kappa shape index (κ2) is 9.32. The molecule has 5 aromatic rings. The van der Waals surface area contributed by atoms with Gasteiger partial charge in [-0.3, -0.25) is 0 Å². The number of hydrogen-bond acceptors (Lipinski definition) is 4. The first-order valence-electron chi connectivity index (χ1n) is 11.7. The summed E-state index contributed by atoms with van der Waals surface area (Å²) in [5, 5.41) is 0. The average Bonchev–Trinajstić information content (AvgIpc) is 3.10. The molecular weight excluding hydrogens is 450 g/mol. The lowest BCUT2D eigenvalue weighted by Crippen LogP contribution is -2.19. The van der Waals surface area contributed by atoms with Crippen molar-refractivity contribution in [1.82, 2.24) is 0 Å². The molecule has 3 nitrogen and oxygen atoms in total. The highest BCUT2D eigenvalue weighted by atomic mass is 32.2. The van der Waals surface area contributed by atoms with E-state index in [1.807, 2.05) is 78.9 Å². The molecule has 0 atom stereocenters. The molecule has 0 bridgehead atoms. The number of thioether (sulfide) groups is 1. The van der Waals surface area contributed by atoms with Crippen LogP contribution in [0.5, 0.6) is 0 Å². The minimum atomic E-state index is -0.330. The number of nitrogens with zero attached hydrogens (tertiary/aromatic N) is 1. The highest BCUT2D eigenvalue weighted by Gasteiger charge is 2.29. The molecule has 1 aromatic heterocycles. The molecule has 6 rings (SSSR count). The van der Waals surface area contributed by atoms with Gasteiger partial charge in [-0.25, -0.2) is 4.79 Å². The topological polar surface area (TPSA) is 33.5 Å². The van der Waals surface area contributed by atoms with Crippen molar-refractivity contribution in [2.24, 2.45) is 0 Å². The first-order valence-corrected chi connectivity index (χ1v) is 12.7. The summed E-state index contributed by atoms with van der Waals surface area (Å²) in [5.74, 6) is 1.57. The van der Waals surface area contributed by atoms with Crippen LogP contribution in [-0.2, 0) is 6.42 Å². The van der Waals surface area contributed by atoms with E-state index in [1.54, 1.807) is 11.8 Å². The van der Waals surface area contributed by atoms with Gasteiger partial charge in [-0.2, -0.15) is 0 Å². The summed E-state index contributed by atoms with van der Waals surface area (Å²) in [5.41, 5.74) is 6.00. The lowest BCUT2D eigenvalue weighted by molar-refractivity contribution is 0.522. The minimum absolute atomic E-state index is 0.330. The Bertz CT molecular complexity index is 1490. The molecule has 35 heavy (non-hydrogen) atoms. The molecule has 0 unspecified atom stereocenters. The maximum atomic E-state index is 13.8. The Kier molecular flexibility index (Phi) is 5.73. The van der Waals surface area contributed by atoms with Gasteiger partial charge in [-0.05, 0) is 42.3 Å². The Morgan fingerprint density at radius 2 is 1.26 bits per heavy atom. The third-order valence-corrected chi connectivity index (χ3v) is 7.33. The van der Waals surface area contributed by atoms with E-state index in [-0.39, 0.29) is 5.63 Å². The van der Waals surface area contributed by atoms with Crippen molar-refractivity contribution in [2.75, 3.05) is 10.7 Å². The van der Waals surface area contributed by atoms with Crippen molar-refractivity contribution in [3.05, 3.63) is 131 Å². The van der Waals surface area contributed by atoms with Gasteiger partial charge in [-0.15, -0.1) is 11.8 Å². The summed E-state index contributed by atoms with van der Waals surface area (Å²) in [7, 11) is 0. The highest BCUT2D eigenvalue weighted by Crippen LogP contribution is 2.47. The Morgan fingerprint density at radius 1 is 0.686 bits per heavy atom. The minimum Gasteiger partial charge on any atom is -0.422 e. The summed E-state index contributed by atoms with van der Waals surface area (Å²) in [6.45, 7) is 0. The molecule has 1 aliphatic rings. The first kappa shape index (κ1) is 21.5. The molecule has 2 heterocycles. The zero-order valence-electron chi connectivity index (χ0n) is 19.1. The summed E-state index contributed by atoms with van der Waals surface area (Å²) in [4.78, 5) is 17.1. The Hall–Kier alpha value is -4.02. The Morgan fingerprint density at radius 3 is 1.91 bits per heavy atom. The van der Waals surface area contributed by atoms with Crippen molar-refractivity contribution in [3.63, 3.8) is 0 Å². The summed E-state index contributed by atoms with van der Waals surface area (Å²) in [6.07, 6.45) is 0.782. The van der Waals surface area contributed by atoms with Crippen LogP contribution in [0.2, 0.25) is 0 Å². The first-order chi connectivity index (χ1) is 17.3. The third kappa shape index (κ3) is 3.96. The van der Waals surface area contributed by atoms with Crippen molar-refractivity contribution in [1.29, 1.82) is 0 Å². The van der Waals surface area contributed by atoms with Crippen molar-refractivity contribution in [2.45, 2.75) is 11.3 Å². The molecular formula is C31H23NO2S. The van der Waals surface area contributed by atoms with Gasteiger partial charge in [-0.1, -0.05) is 84.9 Å². The van der Waals surface area contributed by atoms with Crippen molar-refractivity contribution < 1.29 is 4.42 Å². The Labute approximate surface area is 208 Å². The third-order valence-electron chi connectivity index (χ3n) is 6.25. The lowest BCUT2D eigenvalue weighted by atomic mass is 9.96. The van der Waals surface area contributed by atoms with Gasteiger partial charge in [0.05, 0.1) is 11.3 Å². The van der Waals surface area contributed by atoms with Gasteiger partial charge in [0.25, 0.3) is 0 Å². The number of benzene rings is 4. The quantitative estimate of drug-likeness (QED) is 0.264. The molecule has 4 heteroatoms. The van der Waals surface area contributed by atoms with Crippen LogP contribution >= 0.6 is 11.8 Å².